The van der Waals surface area contributed by atoms with E-state index in [1.54, 1.807) is 24.3 Å². The summed E-state index contributed by atoms with van der Waals surface area (Å²) in [5.74, 6) is -1.89. The molecule has 30 heteroatoms. The monoisotopic (exact) mass is 992 g/mol. The second-order valence-corrected chi connectivity index (χ2v) is 17.7. The van der Waals surface area contributed by atoms with Crippen LogP contribution in [-0.4, -0.2) is 89.1 Å². The number of nitrogens with zero attached hydrogens (tertiary/aromatic N) is 2. The third-order valence-electron chi connectivity index (χ3n) is 8.81. The Morgan fingerprint density at radius 1 is 0.500 bits per heavy atom. The SMILES string of the molecule is COc1cc(-c2ccc(N/N=C3\C=Cc4c(S(=O)(=O)[O-])cc(S(=O)(=O)[O-])c(N)c4C3=O)c(OC)c2)ccc1N/N=C1/C=Cc2c(S(=O)(=O)[O-])cc(S(=O)(=O)[O-])c(N)c2C1=O.[Na+].[Na+].[Na+].[Na+]. The van der Waals surface area contributed by atoms with Crippen molar-refractivity contribution in [3.8, 4) is 22.6 Å². The first-order valence-corrected chi connectivity index (χ1v) is 21.8. The Morgan fingerprint density at radius 3 is 1.09 bits per heavy atom. The standard InChI is InChI=1S/C34H28N6O16S4.4Na/c1-55-23-11-15(3-7-19(23)37-39-21-9-5-17-25(57(43,44)45)13-27(59(49,50)51)31(35)29(17)33(21)41)16-4-8-20(24(12-16)56-2)38-40-22-10-6-18-26(58(46,47)48)14-28(60(52,53)54)32(36)30(18)34(22)42;;;;/h3-14,37-38H,35-36H2,1-2H3,(H,43,44,45)(H,46,47,48)(H,49,50,51)(H,52,53,54);;;;/q;4*+1/p-4/b39-21-,40-22+;;;;. The van der Waals surface area contributed by atoms with Crippen LogP contribution in [0.4, 0.5) is 22.7 Å². The fourth-order valence-corrected chi connectivity index (χ4v) is 8.87. The van der Waals surface area contributed by atoms with E-state index in [-0.39, 0.29) is 141 Å². The van der Waals surface area contributed by atoms with Crippen molar-refractivity contribution in [2.45, 2.75) is 19.6 Å². The number of nitrogens with two attached hydrogens (primary N) is 2. The van der Waals surface area contributed by atoms with Crippen molar-refractivity contribution < 1.29 is 189 Å². The number of allylic oxidation sites excluding steroid dienone is 2. The zero-order valence-corrected chi connectivity index (χ0v) is 45.4. The number of anilines is 4. The van der Waals surface area contributed by atoms with Crippen LogP contribution in [0.3, 0.4) is 0 Å². The maximum atomic E-state index is 13.4. The van der Waals surface area contributed by atoms with Crippen LogP contribution in [0.15, 0.2) is 90.5 Å². The van der Waals surface area contributed by atoms with E-state index in [4.69, 9.17) is 20.9 Å². The Kier molecular flexibility index (Phi) is 19.5. The Hall–Kier alpha value is -2.52. The van der Waals surface area contributed by atoms with E-state index < -0.39 is 117 Å². The Balaban J connectivity index is 0.00000352. The number of hydrazone groups is 2. The van der Waals surface area contributed by atoms with Gasteiger partial charge in [0.25, 0.3) is 0 Å². The van der Waals surface area contributed by atoms with Gasteiger partial charge in [0.15, 0.2) is 0 Å². The number of carbonyl (C=O) groups excluding carboxylic acids is 2. The molecule has 4 aromatic rings. The van der Waals surface area contributed by atoms with Crippen LogP contribution in [0.1, 0.15) is 31.8 Å². The number of rotatable bonds is 11. The van der Waals surface area contributed by atoms with Gasteiger partial charge in [-0.15, -0.1) is 0 Å². The molecule has 6 N–H and O–H groups in total. The second-order valence-electron chi connectivity index (χ2n) is 12.3. The first-order valence-electron chi connectivity index (χ1n) is 16.1. The van der Waals surface area contributed by atoms with Crippen molar-refractivity contribution in [1.29, 1.82) is 0 Å². The van der Waals surface area contributed by atoms with Crippen LogP contribution < -0.4 is 150 Å². The molecule has 0 spiro atoms. The molecule has 0 bridgehead atoms. The van der Waals surface area contributed by atoms with Crippen molar-refractivity contribution in [2.24, 2.45) is 10.2 Å². The number of fused-ring (bicyclic) bond motifs is 2. The van der Waals surface area contributed by atoms with E-state index in [1.165, 1.54) is 26.4 Å². The first-order chi connectivity index (χ1) is 27.9. The molecule has 0 amide bonds. The average Bonchev–Trinajstić information content (AvgIpc) is 3.15. The van der Waals surface area contributed by atoms with Gasteiger partial charge in [-0.3, -0.25) is 20.4 Å². The third-order valence-corrected chi connectivity index (χ3v) is 12.3. The number of hydrogen-bond acceptors (Lipinski definition) is 22. The van der Waals surface area contributed by atoms with Crippen LogP contribution in [0.25, 0.3) is 23.3 Å². The van der Waals surface area contributed by atoms with E-state index in [2.05, 4.69) is 21.1 Å². The molecule has 314 valence electrons. The molecule has 64 heavy (non-hydrogen) atoms. The molecule has 2 aliphatic rings. The van der Waals surface area contributed by atoms with Crippen molar-refractivity contribution in [3.05, 3.63) is 82.9 Å². The van der Waals surface area contributed by atoms with Crippen LogP contribution in [0.2, 0.25) is 0 Å². The van der Waals surface area contributed by atoms with E-state index in [0.29, 0.717) is 23.3 Å². The molecule has 6 rings (SSSR count). The number of hydrogen-bond donors (Lipinski definition) is 4. The predicted octanol–water partition coefficient (Wildman–Crippen LogP) is -10.5. The minimum absolute atomic E-state index is 0. The van der Waals surface area contributed by atoms with E-state index in [9.17, 15) is 61.5 Å². The quantitative estimate of drug-likeness (QED) is 0.0469. The van der Waals surface area contributed by atoms with Gasteiger partial charge >= 0.3 is 118 Å². The predicted molar refractivity (Wildman–Crippen MR) is 207 cm³/mol. The summed E-state index contributed by atoms with van der Waals surface area (Å²) >= 11 is 0. The summed E-state index contributed by atoms with van der Waals surface area (Å²) in [5.41, 5.74) is 13.1. The van der Waals surface area contributed by atoms with Crippen molar-refractivity contribution >= 4 is 98.4 Å². The summed E-state index contributed by atoms with van der Waals surface area (Å²) in [7, 11) is -19.0. The zero-order chi connectivity index (χ0) is 44.3. The van der Waals surface area contributed by atoms with Gasteiger partial charge in [0.2, 0.25) is 11.6 Å². The summed E-state index contributed by atoms with van der Waals surface area (Å²) in [6.07, 6.45) is 4.07. The van der Waals surface area contributed by atoms with Crippen LogP contribution in [0, 0.1) is 0 Å². The number of Topliss-reactive ketones (excluding diaryl/α,β-unsaturated/α-hetero) is 2. The number of carbonyl (C=O) groups is 2. The number of benzene rings is 4. The molecular weight excluding hydrogens is 969 g/mol. The summed E-state index contributed by atoms with van der Waals surface area (Å²) in [6.45, 7) is 0. The van der Waals surface area contributed by atoms with Gasteiger partial charge in [0, 0.05) is 11.1 Å². The van der Waals surface area contributed by atoms with Crippen molar-refractivity contribution in [2.75, 3.05) is 36.5 Å². The molecule has 0 atom stereocenters. The van der Waals surface area contributed by atoms with Gasteiger partial charge in [-0.2, -0.15) is 10.2 Å². The van der Waals surface area contributed by atoms with Crippen LogP contribution >= 0.6 is 0 Å². The normalized spacial score (nSPS) is 14.5. The smallest absolute Gasteiger partial charge is 0.744 e. The maximum Gasteiger partial charge on any atom is 1.00 e. The molecule has 0 saturated carbocycles. The van der Waals surface area contributed by atoms with E-state index >= 15 is 0 Å². The molecule has 0 saturated heterocycles. The minimum atomic E-state index is -5.43. The summed E-state index contributed by atoms with van der Waals surface area (Å²) in [5, 5.41) is 8.00. The molecule has 0 fully saturated rings. The van der Waals surface area contributed by atoms with Gasteiger partial charge in [-0.1, -0.05) is 24.3 Å². The van der Waals surface area contributed by atoms with Gasteiger partial charge in [-0.05, 0) is 59.7 Å². The number of ketones is 2. The first kappa shape index (κ1) is 57.6. The topological polar surface area (TPSA) is 382 Å². The van der Waals surface area contributed by atoms with Crippen LogP contribution in [0.5, 0.6) is 11.5 Å². The number of methoxy groups -OCH3 is 2. The Morgan fingerprint density at radius 2 is 0.812 bits per heavy atom. The van der Waals surface area contributed by atoms with Gasteiger partial charge in [0.1, 0.15) is 63.4 Å². The third kappa shape index (κ3) is 11.8. The molecule has 0 unspecified atom stereocenters. The van der Waals surface area contributed by atoms with Gasteiger partial charge < -0.3 is 39.2 Å². The molecule has 22 nitrogen and oxygen atoms in total. The molecule has 4 aromatic carbocycles. The van der Waals surface area contributed by atoms with Gasteiger partial charge in [-0.25, -0.2) is 33.7 Å². The molecule has 2 aliphatic carbocycles. The average molecular weight is 993 g/mol. The van der Waals surface area contributed by atoms with Crippen LogP contribution in [-0.2, 0) is 40.5 Å². The number of nitrogen functional groups attached to an aromatic ring is 2. The van der Waals surface area contributed by atoms with E-state index in [1.807, 2.05) is 0 Å². The van der Waals surface area contributed by atoms with Gasteiger partial charge in [0.05, 0.1) is 67.7 Å². The summed E-state index contributed by atoms with van der Waals surface area (Å²) < 4.78 is 153. The molecule has 0 aliphatic heterocycles. The fourth-order valence-electron chi connectivity index (χ4n) is 6.05. The Labute approximate surface area is 453 Å². The van der Waals surface area contributed by atoms with Crippen molar-refractivity contribution in [1.82, 2.24) is 0 Å². The Bertz CT molecular complexity index is 2990. The molecular formula is C34H24N6Na4O16S4. The number of ether oxygens (including phenoxy) is 2. The molecule has 0 aromatic heterocycles. The van der Waals surface area contributed by atoms with E-state index in [0.717, 1.165) is 24.3 Å². The summed E-state index contributed by atoms with van der Waals surface area (Å²) in [4.78, 5) is 21.9. The summed E-state index contributed by atoms with van der Waals surface area (Å²) in [6, 6.07) is 9.85. The second kappa shape index (κ2) is 21.6. The maximum absolute atomic E-state index is 13.4. The molecule has 0 heterocycles. The largest absolute Gasteiger partial charge is 1.00 e. The number of nitrogens with one attached hydrogen (secondary N) is 2. The van der Waals surface area contributed by atoms with Crippen molar-refractivity contribution in [3.63, 3.8) is 0 Å². The molecule has 0 radical (unpaired) electrons. The fraction of sp³-hybridized carbons (Fsp3) is 0.0588. The minimum Gasteiger partial charge on any atom is -0.744 e. The zero-order valence-electron chi connectivity index (χ0n) is 34.1.